The number of hydrogen-bond donors (Lipinski definition) is 0. The molecule has 1 heterocycles. The second-order valence-electron chi connectivity index (χ2n) is 3.65. The normalized spacial score (nSPS) is 13.5. The number of nitrogens with zero attached hydrogens (tertiary/aromatic N) is 1. The Labute approximate surface area is 90.7 Å². The van der Waals surface area contributed by atoms with E-state index in [0.717, 1.165) is 18.1 Å². The van der Waals surface area contributed by atoms with Gasteiger partial charge in [0.2, 0.25) is 0 Å². The third kappa shape index (κ3) is 3.76. The molecule has 0 aliphatic heterocycles. The average molecular weight is 212 g/mol. The lowest BCUT2D eigenvalue weighted by Crippen LogP contribution is -2.09. The van der Waals surface area contributed by atoms with Crippen molar-refractivity contribution in [2.24, 2.45) is 0 Å². The molecular weight excluding hydrogens is 194 g/mol. The second-order valence-corrected chi connectivity index (χ2v) is 4.86. The Kier molecular flexibility index (Phi) is 4.55. The highest BCUT2D eigenvalue weighted by atomic mass is 32.2. The van der Waals surface area contributed by atoms with E-state index < -0.39 is 0 Å². The molecular formula is C11H18NOS. The van der Waals surface area contributed by atoms with Gasteiger partial charge >= 0.3 is 0 Å². The van der Waals surface area contributed by atoms with Gasteiger partial charge in [-0.3, -0.25) is 0 Å². The van der Waals surface area contributed by atoms with Crippen molar-refractivity contribution >= 4 is 11.8 Å². The maximum atomic E-state index is 5.66. The van der Waals surface area contributed by atoms with Crippen LogP contribution < -0.4 is 0 Å². The summed E-state index contributed by atoms with van der Waals surface area (Å²) < 4.78 is 5.66. The molecule has 2 nitrogen and oxygen atoms in total. The molecule has 1 atom stereocenters. The fourth-order valence-electron chi connectivity index (χ4n) is 1.18. The topological polar surface area (TPSA) is 16.4 Å². The lowest BCUT2D eigenvalue weighted by Gasteiger charge is -2.06. The zero-order valence-electron chi connectivity index (χ0n) is 9.28. The summed E-state index contributed by atoms with van der Waals surface area (Å²) in [6.45, 7) is 3.03. The third-order valence-corrected chi connectivity index (χ3v) is 2.80. The van der Waals surface area contributed by atoms with Gasteiger partial charge in [-0.05, 0) is 32.5 Å². The summed E-state index contributed by atoms with van der Waals surface area (Å²) in [4.78, 5) is 2.10. The van der Waals surface area contributed by atoms with Crippen molar-refractivity contribution in [3.63, 3.8) is 0 Å². The summed E-state index contributed by atoms with van der Waals surface area (Å²) in [6, 6.07) is 4.07. The first kappa shape index (κ1) is 11.7. The van der Waals surface area contributed by atoms with Gasteiger partial charge in [0.15, 0.2) is 0 Å². The van der Waals surface area contributed by atoms with Crippen molar-refractivity contribution in [2.45, 2.75) is 18.7 Å². The van der Waals surface area contributed by atoms with Gasteiger partial charge in [0.05, 0.1) is 6.54 Å². The molecule has 0 aliphatic carbocycles. The van der Waals surface area contributed by atoms with E-state index in [-0.39, 0.29) is 0 Å². The Bertz CT molecular complexity index is 270. The third-order valence-electron chi connectivity index (χ3n) is 1.93. The summed E-state index contributed by atoms with van der Waals surface area (Å²) in [5.41, 5.74) is 0. The predicted molar refractivity (Wildman–Crippen MR) is 62.5 cm³/mol. The molecule has 0 spiro atoms. The van der Waals surface area contributed by atoms with E-state index in [1.807, 2.05) is 38.0 Å². The molecule has 0 N–H and O–H groups in total. The van der Waals surface area contributed by atoms with Crippen molar-refractivity contribution in [3.8, 4) is 0 Å². The molecule has 0 amide bonds. The van der Waals surface area contributed by atoms with E-state index in [1.54, 1.807) is 0 Å². The van der Waals surface area contributed by atoms with E-state index in [9.17, 15) is 0 Å². The molecule has 79 valence electrons. The fourth-order valence-corrected chi connectivity index (χ4v) is 1.45. The molecule has 1 aromatic heterocycles. The molecule has 0 saturated carbocycles. The zero-order valence-corrected chi connectivity index (χ0v) is 10.1. The fraction of sp³-hybridized carbons (Fsp3) is 0.545. The average Bonchev–Trinajstić information content (AvgIpc) is 2.51. The Balaban J connectivity index is 2.50. The largest absolute Gasteiger partial charge is 0.464 e. The minimum atomic E-state index is 0.508. The van der Waals surface area contributed by atoms with E-state index in [0.29, 0.717) is 5.25 Å². The Morgan fingerprint density at radius 2 is 2.21 bits per heavy atom. The van der Waals surface area contributed by atoms with Crippen molar-refractivity contribution < 1.29 is 4.42 Å². The van der Waals surface area contributed by atoms with Crippen LogP contribution in [0.2, 0.25) is 0 Å². The number of furan rings is 1. The molecule has 1 radical (unpaired) electrons. The van der Waals surface area contributed by atoms with E-state index in [1.165, 1.54) is 0 Å². The zero-order chi connectivity index (χ0) is 10.6. The standard InChI is InChI=1S/C11H18NOS/c1-9(14-4)7-10-5-6-11(13-10)8-12(2)3/h5-7,9H,8H2,1-4H3. The van der Waals surface area contributed by atoms with Gasteiger partial charge < -0.3 is 9.32 Å². The van der Waals surface area contributed by atoms with Gasteiger partial charge in [-0.2, -0.15) is 11.8 Å². The van der Waals surface area contributed by atoms with E-state index >= 15 is 0 Å². The number of hydrogen-bond acceptors (Lipinski definition) is 3. The summed E-state index contributed by atoms with van der Waals surface area (Å²) in [6.07, 6.45) is 4.24. The van der Waals surface area contributed by atoms with Crippen molar-refractivity contribution in [2.75, 3.05) is 20.4 Å². The molecule has 3 heteroatoms. The Morgan fingerprint density at radius 3 is 2.79 bits per heavy atom. The quantitative estimate of drug-likeness (QED) is 0.746. The minimum absolute atomic E-state index is 0.508. The van der Waals surface area contributed by atoms with Crippen LogP contribution in [0.15, 0.2) is 16.5 Å². The SMILES string of the molecule is CSC(C)[CH]c1ccc(CN(C)C)o1. The van der Waals surface area contributed by atoms with Crippen LogP contribution in [0.5, 0.6) is 0 Å². The summed E-state index contributed by atoms with van der Waals surface area (Å²) >= 11 is 1.82. The van der Waals surface area contributed by atoms with Gasteiger partial charge in [-0.1, -0.05) is 6.92 Å². The highest BCUT2D eigenvalue weighted by Crippen LogP contribution is 2.18. The van der Waals surface area contributed by atoms with Gasteiger partial charge in [0, 0.05) is 11.7 Å². The van der Waals surface area contributed by atoms with E-state index in [4.69, 9.17) is 4.42 Å². The molecule has 0 aromatic carbocycles. The van der Waals surface area contributed by atoms with Crippen LogP contribution >= 0.6 is 11.8 Å². The second kappa shape index (κ2) is 5.47. The van der Waals surface area contributed by atoms with Crippen LogP contribution in [0.1, 0.15) is 18.4 Å². The highest BCUT2D eigenvalue weighted by Gasteiger charge is 2.07. The molecule has 1 unspecified atom stereocenters. The molecule has 1 rings (SSSR count). The first-order valence-electron chi connectivity index (χ1n) is 4.73. The van der Waals surface area contributed by atoms with Gasteiger partial charge in [0.25, 0.3) is 0 Å². The molecule has 0 saturated heterocycles. The van der Waals surface area contributed by atoms with Crippen LogP contribution in [-0.4, -0.2) is 30.5 Å². The lowest BCUT2D eigenvalue weighted by molar-refractivity contribution is 0.346. The maximum absolute atomic E-state index is 5.66. The first-order chi connectivity index (χ1) is 6.61. The van der Waals surface area contributed by atoms with Crippen LogP contribution in [0, 0.1) is 6.42 Å². The maximum Gasteiger partial charge on any atom is 0.118 e. The number of thioether (sulfide) groups is 1. The summed E-state index contributed by atoms with van der Waals surface area (Å²) in [5.74, 6) is 2.00. The predicted octanol–water partition coefficient (Wildman–Crippen LogP) is 2.65. The first-order valence-corrected chi connectivity index (χ1v) is 6.01. The van der Waals surface area contributed by atoms with E-state index in [2.05, 4.69) is 24.5 Å². The summed E-state index contributed by atoms with van der Waals surface area (Å²) in [5, 5.41) is 0.508. The molecule has 1 aromatic rings. The van der Waals surface area contributed by atoms with Crippen molar-refractivity contribution in [1.29, 1.82) is 0 Å². The lowest BCUT2D eigenvalue weighted by atomic mass is 10.3. The van der Waals surface area contributed by atoms with Crippen LogP contribution in [0.4, 0.5) is 0 Å². The molecule has 0 fully saturated rings. The van der Waals surface area contributed by atoms with Gasteiger partial charge in [-0.15, -0.1) is 0 Å². The van der Waals surface area contributed by atoms with Crippen LogP contribution in [-0.2, 0) is 6.54 Å². The van der Waals surface area contributed by atoms with Crippen molar-refractivity contribution in [3.05, 3.63) is 30.1 Å². The van der Waals surface area contributed by atoms with Gasteiger partial charge in [-0.25, -0.2) is 0 Å². The minimum Gasteiger partial charge on any atom is -0.464 e. The van der Waals surface area contributed by atoms with Crippen LogP contribution in [0.25, 0.3) is 0 Å². The van der Waals surface area contributed by atoms with Crippen molar-refractivity contribution in [1.82, 2.24) is 4.90 Å². The van der Waals surface area contributed by atoms with Crippen LogP contribution in [0.3, 0.4) is 0 Å². The Hall–Kier alpha value is -0.410. The number of rotatable bonds is 5. The summed E-state index contributed by atoms with van der Waals surface area (Å²) in [7, 11) is 4.08. The molecule has 14 heavy (non-hydrogen) atoms. The molecule has 0 aliphatic rings. The monoisotopic (exact) mass is 212 g/mol. The highest BCUT2D eigenvalue weighted by molar-refractivity contribution is 7.99. The Morgan fingerprint density at radius 1 is 1.50 bits per heavy atom. The smallest absolute Gasteiger partial charge is 0.118 e. The molecule has 0 bridgehead atoms. The van der Waals surface area contributed by atoms with Gasteiger partial charge in [0.1, 0.15) is 11.5 Å².